The number of halogens is 1. The molecule has 0 aliphatic carbocycles. The first-order valence-electron chi connectivity index (χ1n) is 2.78. The molecule has 52 valence electrons. The second kappa shape index (κ2) is 3.62. The van der Waals surface area contributed by atoms with Crippen LogP contribution in [-0.4, -0.2) is 16.9 Å². The molecule has 3 heteroatoms. The van der Waals surface area contributed by atoms with E-state index in [1.54, 1.807) is 6.92 Å². The van der Waals surface area contributed by atoms with Crippen molar-refractivity contribution in [1.82, 2.24) is 0 Å². The van der Waals surface area contributed by atoms with Crippen LogP contribution in [0.5, 0.6) is 0 Å². The lowest BCUT2D eigenvalue weighted by molar-refractivity contribution is -0.135. The van der Waals surface area contributed by atoms with Crippen molar-refractivity contribution in [3.8, 4) is 0 Å². The molecule has 0 rings (SSSR count). The number of ketones is 2. The number of alkyl halides is 1. The van der Waals surface area contributed by atoms with E-state index in [4.69, 9.17) is 11.6 Å². The molecule has 1 atom stereocenters. The Morgan fingerprint density at radius 2 is 2.00 bits per heavy atom. The average Bonchev–Trinajstić information content (AvgIpc) is 1.84. The summed E-state index contributed by atoms with van der Waals surface area (Å²) < 4.78 is 0. The second-order valence-corrected chi connectivity index (χ2v) is 2.32. The molecule has 0 aromatic carbocycles. The van der Waals surface area contributed by atoms with Gasteiger partial charge in [0.15, 0.2) is 5.78 Å². The van der Waals surface area contributed by atoms with E-state index in [0.29, 0.717) is 6.42 Å². The summed E-state index contributed by atoms with van der Waals surface area (Å²) in [6.07, 6.45) is 0.514. The molecule has 2 nitrogen and oxygen atoms in total. The van der Waals surface area contributed by atoms with E-state index in [-0.39, 0.29) is 0 Å². The maximum Gasteiger partial charge on any atom is 0.215 e. The Morgan fingerprint density at radius 1 is 1.56 bits per heavy atom. The van der Waals surface area contributed by atoms with Crippen LogP contribution in [-0.2, 0) is 9.59 Å². The van der Waals surface area contributed by atoms with Crippen molar-refractivity contribution in [2.24, 2.45) is 0 Å². The minimum atomic E-state index is -0.623. The third kappa shape index (κ3) is 2.61. The van der Waals surface area contributed by atoms with Gasteiger partial charge in [-0.2, -0.15) is 0 Å². The van der Waals surface area contributed by atoms with Crippen molar-refractivity contribution in [3.05, 3.63) is 0 Å². The lowest BCUT2D eigenvalue weighted by atomic mass is 10.2. The van der Waals surface area contributed by atoms with E-state index < -0.39 is 16.9 Å². The molecule has 0 radical (unpaired) electrons. The molecule has 0 saturated heterocycles. The lowest BCUT2D eigenvalue weighted by Crippen LogP contribution is -2.20. The van der Waals surface area contributed by atoms with Gasteiger partial charge in [-0.15, -0.1) is 11.6 Å². The first kappa shape index (κ1) is 8.63. The summed E-state index contributed by atoms with van der Waals surface area (Å²) in [5.74, 6) is -0.948. The fourth-order valence-electron chi connectivity index (χ4n) is 0.406. The fourth-order valence-corrected chi connectivity index (χ4v) is 0.560. The van der Waals surface area contributed by atoms with Crippen LogP contribution < -0.4 is 0 Å². The average molecular weight is 149 g/mol. The molecule has 0 aromatic heterocycles. The smallest absolute Gasteiger partial charge is 0.215 e. The first-order valence-corrected chi connectivity index (χ1v) is 3.22. The van der Waals surface area contributed by atoms with E-state index in [1.165, 1.54) is 6.92 Å². The standard InChI is InChI=1S/C6H9ClO2/c1-3-5(7)6(9)4(2)8/h5H,3H2,1-2H3. The predicted molar refractivity (Wildman–Crippen MR) is 35.6 cm³/mol. The monoisotopic (exact) mass is 148 g/mol. The number of carbonyl (C=O) groups excluding carboxylic acids is 2. The molecule has 0 heterocycles. The second-order valence-electron chi connectivity index (χ2n) is 1.80. The van der Waals surface area contributed by atoms with E-state index in [9.17, 15) is 9.59 Å². The molecule has 0 fully saturated rings. The van der Waals surface area contributed by atoms with Gasteiger partial charge in [-0.1, -0.05) is 6.92 Å². The number of rotatable bonds is 3. The van der Waals surface area contributed by atoms with Gasteiger partial charge in [0.25, 0.3) is 0 Å². The van der Waals surface area contributed by atoms with Crippen LogP contribution in [0, 0.1) is 0 Å². The van der Waals surface area contributed by atoms with Crippen molar-refractivity contribution < 1.29 is 9.59 Å². The van der Waals surface area contributed by atoms with Gasteiger partial charge >= 0.3 is 0 Å². The number of hydrogen-bond donors (Lipinski definition) is 0. The van der Waals surface area contributed by atoms with Crippen LogP contribution in [0.15, 0.2) is 0 Å². The van der Waals surface area contributed by atoms with Crippen LogP contribution in [0.4, 0.5) is 0 Å². The molecule has 0 spiro atoms. The molecule has 0 aliphatic rings. The third-order valence-corrected chi connectivity index (χ3v) is 1.50. The molecule has 0 N–H and O–H groups in total. The molecule has 0 aliphatic heterocycles. The summed E-state index contributed by atoms with van der Waals surface area (Å²) in [5, 5.41) is -0.623. The van der Waals surface area contributed by atoms with E-state index >= 15 is 0 Å². The van der Waals surface area contributed by atoms with Gasteiger partial charge in [-0.3, -0.25) is 9.59 Å². The summed E-state index contributed by atoms with van der Waals surface area (Å²) in [7, 11) is 0. The lowest BCUT2D eigenvalue weighted by Gasteiger charge is -1.98. The normalized spacial score (nSPS) is 12.8. The zero-order chi connectivity index (χ0) is 7.44. The molecular formula is C6H9ClO2. The van der Waals surface area contributed by atoms with Crippen molar-refractivity contribution in [1.29, 1.82) is 0 Å². The van der Waals surface area contributed by atoms with Gasteiger partial charge in [0, 0.05) is 6.92 Å². The van der Waals surface area contributed by atoms with E-state index in [1.807, 2.05) is 0 Å². The number of Topliss-reactive ketones (excluding diaryl/α,β-unsaturated/α-hetero) is 2. The van der Waals surface area contributed by atoms with Gasteiger partial charge in [0.1, 0.15) is 0 Å². The summed E-state index contributed by atoms with van der Waals surface area (Å²) in [6.45, 7) is 2.99. The highest BCUT2D eigenvalue weighted by molar-refractivity contribution is 6.49. The van der Waals surface area contributed by atoms with Crippen LogP contribution in [0.2, 0.25) is 0 Å². The number of hydrogen-bond acceptors (Lipinski definition) is 2. The molecule has 0 bridgehead atoms. The van der Waals surface area contributed by atoms with Crippen molar-refractivity contribution >= 4 is 23.2 Å². The molecule has 0 saturated carbocycles. The van der Waals surface area contributed by atoms with Crippen LogP contribution in [0.1, 0.15) is 20.3 Å². The molecule has 0 aromatic rings. The van der Waals surface area contributed by atoms with Gasteiger partial charge < -0.3 is 0 Å². The van der Waals surface area contributed by atoms with Crippen molar-refractivity contribution in [2.75, 3.05) is 0 Å². The molecular weight excluding hydrogens is 140 g/mol. The highest BCUT2D eigenvalue weighted by atomic mass is 35.5. The zero-order valence-corrected chi connectivity index (χ0v) is 6.23. The summed E-state index contributed by atoms with van der Waals surface area (Å²) in [5.41, 5.74) is 0. The quantitative estimate of drug-likeness (QED) is 0.445. The minimum Gasteiger partial charge on any atom is -0.291 e. The SMILES string of the molecule is CCC(Cl)C(=O)C(C)=O. The van der Waals surface area contributed by atoms with E-state index in [2.05, 4.69) is 0 Å². The van der Waals surface area contributed by atoms with Crippen LogP contribution in [0.25, 0.3) is 0 Å². The Balaban J connectivity index is 3.88. The Hall–Kier alpha value is -0.370. The largest absolute Gasteiger partial charge is 0.291 e. The van der Waals surface area contributed by atoms with E-state index in [0.717, 1.165) is 0 Å². The summed E-state index contributed by atoms with van der Waals surface area (Å²) in [4.78, 5) is 20.9. The Labute approximate surface area is 59.2 Å². The van der Waals surface area contributed by atoms with Gasteiger partial charge in [-0.05, 0) is 6.42 Å². The first-order chi connectivity index (χ1) is 4.09. The zero-order valence-electron chi connectivity index (χ0n) is 5.48. The molecule has 9 heavy (non-hydrogen) atoms. The predicted octanol–water partition coefficient (Wildman–Crippen LogP) is 1.16. The minimum absolute atomic E-state index is 0.461. The van der Waals surface area contributed by atoms with Crippen LogP contribution >= 0.6 is 11.6 Å². The summed E-state index contributed by atoms with van der Waals surface area (Å²) in [6, 6.07) is 0. The Morgan fingerprint density at radius 3 is 2.11 bits per heavy atom. The Bertz CT molecular complexity index is 131. The van der Waals surface area contributed by atoms with Gasteiger partial charge in [-0.25, -0.2) is 0 Å². The van der Waals surface area contributed by atoms with Crippen LogP contribution in [0.3, 0.4) is 0 Å². The maximum absolute atomic E-state index is 10.6. The molecule has 0 amide bonds. The fraction of sp³-hybridized carbons (Fsp3) is 0.667. The van der Waals surface area contributed by atoms with Crippen molar-refractivity contribution in [3.63, 3.8) is 0 Å². The third-order valence-electron chi connectivity index (χ3n) is 0.990. The topological polar surface area (TPSA) is 34.1 Å². The van der Waals surface area contributed by atoms with Gasteiger partial charge in [0.05, 0.1) is 5.38 Å². The van der Waals surface area contributed by atoms with Gasteiger partial charge in [0.2, 0.25) is 5.78 Å². The maximum atomic E-state index is 10.6. The van der Waals surface area contributed by atoms with Crippen molar-refractivity contribution in [2.45, 2.75) is 25.6 Å². The summed E-state index contributed by atoms with van der Waals surface area (Å²) >= 11 is 5.44. The Kier molecular flexibility index (Phi) is 3.47. The number of carbonyl (C=O) groups is 2. The highest BCUT2D eigenvalue weighted by Crippen LogP contribution is 2.02. The highest BCUT2D eigenvalue weighted by Gasteiger charge is 2.16. The molecule has 1 unspecified atom stereocenters.